The second-order valence-electron chi connectivity index (χ2n) is 9.71. The highest BCUT2D eigenvalue weighted by molar-refractivity contribution is 6.17. The van der Waals surface area contributed by atoms with Gasteiger partial charge in [0.15, 0.2) is 0 Å². The quantitative estimate of drug-likeness (QED) is 0.0550. The molecule has 0 aliphatic carbocycles. The summed E-state index contributed by atoms with van der Waals surface area (Å²) in [5.41, 5.74) is 0.503. The van der Waals surface area contributed by atoms with E-state index in [0.29, 0.717) is 5.56 Å². The molecule has 1 rings (SSSR count). The summed E-state index contributed by atoms with van der Waals surface area (Å²) in [7, 11) is 0. The van der Waals surface area contributed by atoms with Crippen LogP contribution in [0.1, 0.15) is 133 Å². The van der Waals surface area contributed by atoms with E-state index in [0.717, 1.165) is 38.5 Å². The van der Waals surface area contributed by atoms with Crippen molar-refractivity contribution < 1.29 is 29.0 Å². The van der Waals surface area contributed by atoms with Gasteiger partial charge in [0.05, 0.1) is 18.8 Å². The van der Waals surface area contributed by atoms with Gasteiger partial charge in [-0.15, -0.1) is 0 Å². The number of benzene rings is 1. The predicted molar refractivity (Wildman–Crippen MR) is 149 cm³/mol. The molecule has 1 aromatic rings. The second-order valence-corrected chi connectivity index (χ2v) is 9.71. The first-order chi connectivity index (χ1) is 18.0. The van der Waals surface area contributed by atoms with Crippen molar-refractivity contribution in [3.05, 3.63) is 41.0 Å². The molecule has 1 N–H and O–H groups in total. The molecule has 0 bridgehead atoms. The Labute approximate surface area is 223 Å². The van der Waals surface area contributed by atoms with Gasteiger partial charge in [-0.2, -0.15) is 0 Å². The van der Waals surface area contributed by atoms with Crippen LogP contribution < -0.4 is 0 Å². The van der Waals surface area contributed by atoms with E-state index >= 15 is 0 Å². The maximum Gasteiger partial charge on any atom is 0.345 e. The Balaban J connectivity index is 2.56. The summed E-state index contributed by atoms with van der Waals surface area (Å²) < 4.78 is 10.8. The Morgan fingerprint density at radius 1 is 0.622 bits per heavy atom. The average Bonchev–Trinajstić information content (AvgIpc) is 2.89. The summed E-state index contributed by atoms with van der Waals surface area (Å²) in [6.45, 7) is 4.92. The van der Waals surface area contributed by atoms with Crippen molar-refractivity contribution in [2.24, 2.45) is 0 Å². The summed E-state index contributed by atoms with van der Waals surface area (Å²) >= 11 is 0. The van der Waals surface area contributed by atoms with Gasteiger partial charge >= 0.3 is 17.9 Å². The third-order valence-corrected chi connectivity index (χ3v) is 6.37. The molecule has 0 spiro atoms. The normalized spacial score (nSPS) is 10.6. The fourth-order valence-electron chi connectivity index (χ4n) is 4.05. The zero-order chi connectivity index (χ0) is 27.1. The molecule has 6 nitrogen and oxygen atoms in total. The van der Waals surface area contributed by atoms with Crippen molar-refractivity contribution in [1.29, 1.82) is 0 Å². The van der Waals surface area contributed by atoms with Crippen LogP contribution in [-0.2, 0) is 19.1 Å². The number of hydrogen-bond donors (Lipinski definition) is 1. The minimum Gasteiger partial charge on any atom is -0.478 e. The molecule has 0 saturated carbocycles. The minimum absolute atomic E-state index is 0.133. The number of unbranched alkanes of at least 4 members (excludes halogenated alkanes) is 14. The first kappa shape index (κ1) is 32.4. The molecular weight excluding hydrogens is 468 g/mol. The Hall–Kier alpha value is -2.63. The zero-order valence-electron chi connectivity index (χ0n) is 23.1. The highest BCUT2D eigenvalue weighted by Gasteiger charge is 2.21. The third kappa shape index (κ3) is 16.0. The molecule has 0 radical (unpaired) electrons. The summed E-state index contributed by atoms with van der Waals surface area (Å²) in [5.74, 6) is -2.44. The van der Waals surface area contributed by atoms with Crippen molar-refractivity contribution in [3.63, 3.8) is 0 Å². The molecule has 0 aromatic heterocycles. The molecule has 0 heterocycles. The van der Waals surface area contributed by atoms with Crippen LogP contribution in [0.15, 0.2) is 29.8 Å². The fraction of sp³-hybridized carbons (Fsp3) is 0.645. The largest absolute Gasteiger partial charge is 0.478 e. The van der Waals surface area contributed by atoms with Crippen molar-refractivity contribution in [3.8, 4) is 0 Å². The van der Waals surface area contributed by atoms with E-state index in [1.54, 1.807) is 12.1 Å². The number of carbonyl (C=O) groups excluding carboxylic acids is 2. The van der Waals surface area contributed by atoms with E-state index in [-0.39, 0.29) is 24.4 Å². The molecule has 0 aliphatic heterocycles. The van der Waals surface area contributed by atoms with Crippen molar-refractivity contribution in [1.82, 2.24) is 0 Å². The van der Waals surface area contributed by atoms with Gasteiger partial charge in [0.25, 0.3) is 0 Å². The fourth-order valence-corrected chi connectivity index (χ4v) is 4.05. The summed E-state index contributed by atoms with van der Waals surface area (Å²) in [5, 5.41) is 9.10. The lowest BCUT2D eigenvalue weighted by Gasteiger charge is -2.10. The van der Waals surface area contributed by atoms with Gasteiger partial charge in [-0.05, 0) is 36.6 Å². The summed E-state index contributed by atoms with van der Waals surface area (Å²) in [4.78, 5) is 36.6. The van der Waals surface area contributed by atoms with E-state index in [2.05, 4.69) is 13.8 Å². The lowest BCUT2D eigenvalue weighted by molar-refractivity contribution is -0.147. The average molecular weight is 517 g/mol. The van der Waals surface area contributed by atoms with Crippen LogP contribution in [0, 0.1) is 0 Å². The smallest absolute Gasteiger partial charge is 0.345 e. The van der Waals surface area contributed by atoms with E-state index < -0.39 is 17.9 Å². The van der Waals surface area contributed by atoms with Crippen LogP contribution >= 0.6 is 0 Å². The second kappa shape index (κ2) is 21.5. The number of hydrogen-bond acceptors (Lipinski definition) is 5. The monoisotopic (exact) mass is 516 g/mol. The molecule has 0 aliphatic rings. The number of carboxylic acid groups (broad SMARTS) is 1. The van der Waals surface area contributed by atoms with E-state index in [1.165, 1.54) is 82.4 Å². The first-order valence-electron chi connectivity index (χ1n) is 14.4. The van der Waals surface area contributed by atoms with Gasteiger partial charge in [0, 0.05) is 0 Å². The van der Waals surface area contributed by atoms with Crippen LogP contribution in [0.5, 0.6) is 0 Å². The predicted octanol–water partition coefficient (Wildman–Crippen LogP) is 8.14. The van der Waals surface area contributed by atoms with Crippen LogP contribution in [0.25, 0.3) is 6.08 Å². The van der Waals surface area contributed by atoms with Crippen molar-refractivity contribution in [2.75, 3.05) is 13.2 Å². The van der Waals surface area contributed by atoms with Crippen molar-refractivity contribution in [2.45, 2.75) is 117 Å². The van der Waals surface area contributed by atoms with Crippen LogP contribution in [0.3, 0.4) is 0 Å². The lowest BCUT2D eigenvalue weighted by atomic mass is 10.1. The molecule has 0 fully saturated rings. The number of aromatic carboxylic acids is 1. The number of esters is 2. The highest BCUT2D eigenvalue weighted by Crippen LogP contribution is 2.14. The van der Waals surface area contributed by atoms with Gasteiger partial charge < -0.3 is 14.6 Å². The zero-order valence-corrected chi connectivity index (χ0v) is 23.1. The van der Waals surface area contributed by atoms with Gasteiger partial charge in [0.1, 0.15) is 5.57 Å². The lowest BCUT2D eigenvalue weighted by Crippen LogP contribution is -2.19. The van der Waals surface area contributed by atoms with Crippen LogP contribution in [0.2, 0.25) is 0 Å². The van der Waals surface area contributed by atoms with Gasteiger partial charge in [-0.1, -0.05) is 116 Å². The van der Waals surface area contributed by atoms with Crippen LogP contribution in [-0.4, -0.2) is 36.2 Å². The molecule has 208 valence electrons. The molecule has 6 heteroatoms. The molecule has 0 unspecified atom stereocenters. The number of carboxylic acids is 1. The van der Waals surface area contributed by atoms with Gasteiger partial charge in [-0.25, -0.2) is 14.4 Å². The molecule has 37 heavy (non-hydrogen) atoms. The minimum atomic E-state index is -1.04. The maximum absolute atomic E-state index is 12.7. The molecule has 0 saturated heterocycles. The standard InChI is InChI=1S/C31H48O6/c1-3-5-7-9-11-13-15-17-23-36-30(34)28(25-26-19-21-27(22-20-26)29(32)33)31(35)37-24-18-16-14-12-10-8-6-4-2/h19-22,25H,3-18,23-24H2,1-2H3,(H,32,33). The first-order valence-corrected chi connectivity index (χ1v) is 14.4. The molecule has 0 atom stereocenters. The number of carbonyl (C=O) groups is 3. The SMILES string of the molecule is CCCCCCCCCCOC(=O)C(=Cc1ccc(C(=O)O)cc1)C(=O)OCCCCCCCCCC. The maximum atomic E-state index is 12.7. The Morgan fingerprint density at radius 2 is 1.00 bits per heavy atom. The molecular formula is C31H48O6. The highest BCUT2D eigenvalue weighted by atomic mass is 16.6. The Bertz CT molecular complexity index is 760. The molecule has 1 aromatic carbocycles. The third-order valence-electron chi connectivity index (χ3n) is 6.37. The van der Waals surface area contributed by atoms with Crippen LogP contribution in [0.4, 0.5) is 0 Å². The number of rotatable bonds is 22. The van der Waals surface area contributed by atoms with Gasteiger partial charge in [0.2, 0.25) is 0 Å². The topological polar surface area (TPSA) is 89.9 Å². The van der Waals surface area contributed by atoms with E-state index in [1.807, 2.05) is 0 Å². The summed E-state index contributed by atoms with van der Waals surface area (Å²) in [6.07, 6.45) is 19.6. The van der Waals surface area contributed by atoms with Crippen molar-refractivity contribution >= 4 is 24.0 Å². The number of ether oxygens (including phenoxy) is 2. The Morgan fingerprint density at radius 3 is 1.38 bits per heavy atom. The van der Waals surface area contributed by atoms with E-state index in [4.69, 9.17) is 14.6 Å². The Kier molecular flexibility index (Phi) is 18.8. The van der Waals surface area contributed by atoms with Gasteiger partial charge in [-0.3, -0.25) is 0 Å². The molecule has 0 amide bonds. The van der Waals surface area contributed by atoms with E-state index in [9.17, 15) is 14.4 Å². The summed E-state index contributed by atoms with van der Waals surface area (Å²) in [6, 6.07) is 5.98.